The van der Waals surface area contributed by atoms with Crippen LogP contribution in [0.5, 0.6) is 0 Å². The van der Waals surface area contributed by atoms with Gasteiger partial charge in [0.2, 0.25) is 0 Å². The first-order chi connectivity index (χ1) is 11.8. The van der Waals surface area contributed by atoms with Gasteiger partial charge in [-0.1, -0.05) is 30.3 Å². The summed E-state index contributed by atoms with van der Waals surface area (Å²) in [7, 11) is 0. The maximum absolute atomic E-state index is 11.4. The molecular weight excluding hydrogens is 302 g/mol. The van der Waals surface area contributed by atoms with Gasteiger partial charge in [-0.25, -0.2) is 4.79 Å². The van der Waals surface area contributed by atoms with Gasteiger partial charge in [-0.2, -0.15) is 5.90 Å². The van der Waals surface area contributed by atoms with Crippen molar-refractivity contribution in [2.24, 2.45) is 5.90 Å². The molecule has 0 unspecified atom stereocenters. The number of nitrogens with zero attached hydrogens (tertiary/aromatic N) is 1. The van der Waals surface area contributed by atoms with Crippen LogP contribution in [0.15, 0.2) is 48.5 Å². The van der Waals surface area contributed by atoms with Crippen molar-refractivity contribution in [2.75, 3.05) is 6.54 Å². The number of carbonyl (C=O) groups is 1. The highest BCUT2D eigenvalue weighted by atomic mass is 16.7. The molecule has 2 heterocycles. The van der Waals surface area contributed by atoms with Gasteiger partial charge in [0.1, 0.15) is 0 Å². The van der Waals surface area contributed by atoms with E-state index in [1.165, 1.54) is 22.2 Å². The first-order valence-corrected chi connectivity index (χ1v) is 8.07. The number of hydrogen-bond donors (Lipinski definition) is 2. The Morgan fingerprint density at radius 3 is 2.75 bits per heavy atom. The Bertz CT molecular complexity index is 897. The maximum atomic E-state index is 11.4. The summed E-state index contributed by atoms with van der Waals surface area (Å²) in [4.78, 5) is 15.7. The second-order valence-electron chi connectivity index (χ2n) is 6.06. The van der Waals surface area contributed by atoms with Crippen molar-refractivity contribution in [1.82, 2.24) is 9.88 Å². The van der Waals surface area contributed by atoms with Crippen LogP contribution in [-0.2, 0) is 24.3 Å². The number of nitrogens with one attached hydrogen (secondary N) is 1. The molecule has 0 atom stereocenters. The number of aromatic nitrogens is 1. The number of para-hydroxylation sites is 1. The second kappa shape index (κ2) is 6.11. The minimum Gasteiger partial charge on any atom is -0.370 e. The minimum atomic E-state index is -0.517. The third-order valence-electron chi connectivity index (χ3n) is 4.67. The van der Waals surface area contributed by atoms with E-state index in [9.17, 15) is 4.79 Å². The highest BCUT2D eigenvalue weighted by molar-refractivity contribution is 5.89. The van der Waals surface area contributed by atoms with Crippen LogP contribution in [0.2, 0.25) is 0 Å². The Morgan fingerprint density at radius 2 is 1.96 bits per heavy atom. The standard InChI is InChI=1S/C19H19N3O2/c20-24-19(23)14-7-5-13(6-8-14)12-22-17-4-2-1-3-15(17)16-11-21-10-9-18(16)22/h1-8,21H,9-12,20H2. The highest BCUT2D eigenvalue weighted by Gasteiger charge is 2.19. The largest absolute Gasteiger partial charge is 0.370 e. The monoisotopic (exact) mass is 321 g/mol. The van der Waals surface area contributed by atoms with Gasteiger partial charge in [-0.15, -0.1) is 0 Å². The third kappa shape index (κ3) is 2.48. The van der Waals surface area contributed by atoms with Crippen LogP contribution in [0.25, 0.3) is 10.9 Å². The van der Waals surface area contributed by atoms with Crippen molar-refractivity contribution in [1.29, 1.82) is 0 Å². The fourth-order valence-electron chi connectivity index (χ4n) is 3.51. The summed E-state index contributed by atoms with van der Waals surface area (Å²) in [6, 6.07) is 16.0. The molecule has 122 valence electrons. The molecule has 5 heteroatoms. The molecule has 4 rings (SSSR count). The van der Waals surface area contributed by atoms with Crippen molar-refractivity contribution in [3.8, 4) is 0 Å². The van der Waals surface area contributed by atoms with E-state index in [0.717, 1.165) is 31.6 Å². The summed E-state index contributed by atoms with van der Waals surface area (Å²) in [5.41, 5.74) is 5.67. The van der Waals surface area contributed by atoms with Gasteiger partial charge in [0.15, 0.2) is 0 Å². The summed E-state index contributed by atoms with van der Waals surface area (Å²) in [6.07, 6.45) is 1.03. The van der Waals surface area contributed by atoms with Crippen LogP contribution in [0.4, 0.5) is 0 Å². The molecule has 2 aromatic carbocycles. The smallest absolute Gasteiger partial charge is 0.356 e. The van der Waals surface area contributed by atoms with E-state index >= 15 is 0 Å². The van der Waals surface area contributed by atoms with Crippen molar-refractivity contribution < 1.29 is 9.63 Å². The molecule has 0 amide bonds. The molecule has 3 aromatic rings. The Kier molecular flexibility index (Phi) is 3.80. The SMILES string of the molecule is NOC(=O)c1ccc(Cn2c3c(c4ccccc42)CNCC3)cc1. The average molecular weight is 321 g/mol. The molecule has 0 radical (unpaired) electrons. The van der Waals surface area contributed by atoms with Crippen molar-refractivity contribution in [3.05, 3.63) is 70.9 Å². The number of fused-ring (bicyclic) bond motifs is 3. The van der Waals surface area contributed by atoms with E-state index in [0.29, 0.717) is 5.56 Å². The van der Waals surface area contributed by atoms with Crippen molar-refractivity contribution in [3.63, 3.8) is 0 Å². The Labute approximate surface area is 140 Å². The molecule has 1 aliphatic rings. The van der Waals surface area contributed by atoms with Gasteiger partial charge < -0.3 is 14.7 Å². The Hall–Kier alpha value is -2.63. The summed E-state index contributed by atoms with van der Waals surface area (Å²) in [5.74, 6) is 4.41. The maximum Gasteiger partial charge on any atom is 0.356 e. The molecule has 0 spiro atoms. The molecule has 1 aromatic heterocycles. The third-order valence-corrected chi connectivity index (χ3v) is 4.67. The lowest BCUT2D eigenvalue weighted by atomic mass is 10.1. The number of nitrogens with two attached hydrogens (primary N) is 1. The van der Waals surface area contributed by atoms with Gasteiger partial charge in [0, 0.05) is 42.7 Å². The zero-order valence-corrected chi connectivity index (χ0v) is 13.3. The summed E-state index contributed by atoms with van der Waals surface area (Å²) >= 11 is 0. The molecule has 5 nitrogen and oxygen atoms in total. The number of benzene rings is 2. The van der Waals surface area contributed by atoms with E-state index in [1.54, 1.807) is 12.1 Å². The Morgan fingerprint density at radius 1 is 1.17 bits per heavy atom. The Balaban J connectivity index is 1.73. The second-order valence-corrected chi connectivity index (χ2v) is 6.06. The number of rotatable bonds is 3. The van der Waals surface area contributed by atoms with Crippen LogP contribution >= 0.6 is 0 Å². The summed E-state index contributed by atoms with van der Waals surface area (Å²) < 4.78 is 2.39. The molecule has 0 saturated heterocycles. The van der Waals surface area contributed by atoms with Gasteiger partial charge in [0.25, 0.3) is 0 Å². The van der Waals surface area contributed by atoms with E-state index in [2.05, 4.69) is 39.0 Å². The van der Waals surface area contributed by atoms with Gasteiger partial charge in [-0.05, 0) is 29.3 Å². The van der Waals surface area contributed by atoms with Crippen LogP contribution in [0.1, 0.15) is 27.2 Å². The lowest BCUT2D eigenvalue weighted by Crippen LogP contribution is -2.24. The molecule has 0 fully saturated rings. The number of carbonyl (C=O) groups excluding carboxylic acids is 1. The molecule has 1 aliphatic heterocycles. The quantitative estimate of drug-likeness (QED) is 0.727. The van der Waals surface area contributed by atoms with Gasteiger partial charge in [-0.3, -0.25) is 0 Å². The lowest BCUT2D eigenvalue weighted by Gasteiger charge is -2.17. The first-order valence-electron chi connectivity index (χ1n) is 8.07. The van der Waals surface area contributed by atoms with E-state index < -0.39 is 5.97 Å². The molecular formula is C19H19N3O2. The topological polar surface area (TPSA) is 69.3 Å². The van der Waals surface area contributed by atoms with E-state index in [4.69, 9.17) is 5.90 Å². The average Bonchev–Trinajstić information content (AvgIpc) is 2.96. The summed E-state index contributed by atoms with van der Waals surface area (Å²) in [5, 5.41) is 4.78. The predicted molar refractivity (Wildman–Crippen MR) is 92.5 cm³/mol. The normalized spacial score (nSPS) is 13.7. The van der Waals surface area contributed by atoms with Gasteiger partial charge >= 0.3 is 5.97 Å². The summed E-state index contributed by atoms with van der Waals surface area (Å²) in [6.45, 7) is 2.71. The minimum absolute atomic E-state index is 0.463. The van der Waals surface area contributed by atoms with E-state index in [-0.39, 0.29) is 0 Å². The highest BCUT2D eigenvalue weighted by Crippen LogP contribution is 2.29. The fourth-order valence-corrected chi connectivity index (χ4v) is 3.51. The zero-order chi connectivity index (χ0) is 16.5. The fraction of sp³-hybridized carbons (Fsp3) is 0.211. The van der Waals surface area contributed by atoms with Gasteiger partial charge in [0.05, 0.1) is 5.56 Å². The van der Waals surface area contributed by atoms with E-state index in [1.807, 2.05) is 12.1 Å². The molecule has 3 N–H and O–H groups in total. The zero-order valence-electron chi connectivity index (χ0n) is 13.3. The van der Waals surface area contributed by atoms with Crippen LogP contribution < -0.4 is 11.2 Å². The predicted octanol–water partition coefficient (Wildman–Crippen LogP) is 2.37. The molecule has 0 bridgehead atoms. The van der Waals surface area contributed by atoms with Crippen LogP contribution in [0, 0.1) is 0 Å². The van der Waals surface area contributed by atoms with Crippen LogP contribution in [0.3, 0.4) is 0 Å². The van der Waals surface area contributed by atoms with Crippen LogP contribution in [-0.4, -0.2) is 17.1 Å². The molecule has 0 aliphatic carbocycles. The van der Waals surface area contributed by atoms with Crippen molar-refractivity contribution in [2.45, 2.75) is 19.5 Å². The lowest BCUT2D eigenvalue weighted by molar-refractivity contribution is 0.0503. The molecule has 0 saturated carbocycles. The first kappa shape index (κ1) is 14.9. The van der Waals surface area contributed by atoms with Crippen molar-refractivity contribution >= 4 is 16.9 Å². The molecule has 24 heavy (non-hydrogen) atoms. The number of hydrogen-bond acceptors (Lipinski definition) is 4.